The maximum Gasteiger partial charge on any atom is 0.318 e. The highest BCUT2D eigenvalue weighted by Gasteiger charge is 2.37. The van der Waals surface area contributed by atoms with E-state index in [-0.39, 0.29) is 30.6 Å². The Hall–Kier alpha value is -1.90. The van der Waals surface area contributed by atoms with Crippen LogP contribution >= 0.6 is 11.6 Å². The van der Waals surface area contributed by atoms with Crippen LogP contribution in [0.25, 0.3) is 0 Å². The summed E-state index contributed by atoms with van der Waals surface area (Å²) in [6.45, 7) is 4.46. The monoisotopic (exact) mass is 452 g/mol. The number of amides is 3. The zero-order valence-corrected chi connectivity index (χ0v) is 18.5. The summed E-state index contributed by atoms with van der Waals surface area (Å²) in [7, 11) is 0. The van der Waals surface area contributed by atoms with Gasteiger partial charge in [-0.2, -0.15) is 0 Å². The molecule has 3 fully saturated rings. The molecule has 2 N–H and O–H groups in total. The third kappa shape index (κ3) is 5.30. The SMILES string of the molecule is CC1CN(C(CNC(=O)N2CCCC2C(=O)NC2CC2)c2c(F)cccc2Cl)CCO1. The second kappa shape index (κ2) is 9.71. The molecule has 1 aromatic rings. The molecule has 0 spiro atoms. The van der Waals surface area contributed by atoms with Crippen LogP contribution in [0.5, 0.6) is 0 Å². The highest BCUT2D eigenvalue weighted by atomic mass is 35.5. The molecule has 3 atom stereocenters. The molecule has 1 aromatic carbocycles. The fraction of sp³-hybridized carbons (Fsp3) is 0.636. The summed E-state index contributed by atoms with van der Waals surface area (Å²) in [5.74, 6) is -0.473. The van der Waals surface area contributed by atoms with Crippen molar-refractivity contribution >= 4 is 23.5 Å². The van der Waals surface area contributed by atoms with Gasteiger partial charge < -0.3 is 20.3 Å². The minimum absolute atomic E-state index is 0.00610. The van der Waals surface area contributed by atoms with E-state index in [1.807, 2.05) is 6.92 Å². The Labute approximate surface area is 187 Å². The lowest BCUT2D eigenvalue weighted by atomic mass is 10.0. The number of nitrogens with zero attached hydrogens (tertiary/aromatic N) is 2. The first-order valence-corrected chi connectivity index (χ1v) is 11.5. The number of ether oxygens (including phenoxy) is 1. The van der Waals surface area contributed by atoms with Crippen LogP contribution in [0, 0.1) is 5.82 Å². The molecule has 3 aliphatic rings. The second-order valence-corrected chi connectivity index (χ2v) is 9.06. The number of hydrogen-bond acceptors (Lipinski definition) is 4. The average Bonchev–Trinajstić information content (AvgIpc) is 3.40. The van der Waals surface area contributed by atoms with Gasteiger partial charge in [-0.05, 0) is 44.7 Å². The predicted molar refractivity (Wildman–Crippen MR) is 115 cm³/mol. The third-order valence-electron chi connectivity index (χ3n) is 6.23. The van der Waals surface area contributed by atoms with Crippen LogP contribution in [-0.4, -0.2) is 72.7 Å². The highest BCUT2D eigenvalue weighted by molar-refractivity contribution is 6.31. The van der Waals surface area contributed by atoms with Gasteiger partial charge in [0, 0.05) is 42.8 Å². The molecule has 0 radical (unpaired) electrons. The molecule has 1 saturated carbocycles. The second-order valence-electron chi connectivity index (χ2n) is 8.65. The summed E-state index contributed by atoms with van der Waals surface area (Å²) in [5, 5.41) is 6.27. The Kier molecular flexibility index (Phi) is 6.99. The molecule has 0 bridgehead atoms. The van der Waals surface area contributed by atoms with Crippen LogP contribution in [0.4, 0.5) is 9.18 Å². The number of halogens is 2. The van der Waals surface area contributed by atoms with Gasteiger partial charge in [0.2, 0.25) is 5.91 Å². The Morgan fingerprint density at radius 3 is 2.81 bits per heavy atom. The van der Waals surface area contributed by atoms with E-state index >= 15 is 0 Å². The van der Waals surface area contributed by atoms with Crippen LogP contribution in [0.2, 0.25) is 5.02 Å². The number of carbonyl (C=O) groups is 2. The Morgan fingerprint density at radius 2 is 2.10 bits per heavy atom. The predicted octanol–water partition coefficient (Wildman–Crippen LogP) is 2.69. The van der Waals surface area contributed by atoms with E-state index in [1.54, 1.807) is 17.0 Å². The van der Waals surface area contributed by atoms with Gasteiger partial charge in [-0.1, -0.05) is 17.7 Å². The molecule has 1 aliphatic carbocycles. The molecule has 2 heterocycles. The van der Waals surface area contributed by atoms with Gasteiger partial charge >= 0.3 is 6.03 Å². The van der Waals surface area contributed by atoms with Crippen LogP contribution in [-0.2, 0) is 9.53 Å². The van der Waals surface area contributed by atoms with Crippen molar-refractivity contribution in [3.05, 3.63) is 34.6 Å². The van der Waals surface area contributed by atoms with Gasteiger partial charge in [0.1, 0.15) is 11.9 Å². The third-order valence-corrected chi connectivity index (χ3v) is 6.56. The number of benzene rings is 1. The zero-order valence-electron chi connectivity index (χ0n) is 17.8. The summed E-state index contributed by atoms with van der Waals surface area (Å²) in [4.78, 5) is 29.2. The molecule has 3 amide bonds. The lowest BCUT2D eigenvalue weighted by molar-refractivity contribution is -0.124. The maximum absolute atomic E-state index is 14.8. The van der Waals surface area contributed by atoms with Crippen molar-refractivity contribution in [1.82, 2.24) is 20.4 Å². The molecule has 2 aliphatic heterocycles. The smallest absolute Gasteiger partial charge is 0.318 e. The summed E-state index contributed by atoms with van der Waals surface area (Å²) >= 11 is 6.37. The van der Waals surface area contributed by atoms with Crippen molar-refractivity contribution in [3.8, 4) is 0 Å². The fourth-order valence-electron chi connectivity index (χ4n) is 4.46. The fourth-order valence-corrected chi connectivity index (χ4v) is 4.75. The first-order valence-electron chi connectivity index (χ1n) is 11.1. The Morgan fingerprint density at radius 1 is 1.29 bits per heavy atom. The first-order chi connectivity index (χ1) is 14.9. The largest absolute Gasteiger partial charge is 0.376 e. The summed E-state index contributed by atoms with van der Waals surface area (Å²) in [5.41, 5.74) is 0.378. The van der Waals surface area contributed by atoms with E-state index in [4.69, 9.17) is 16.3 Å². The van der Waals surface area contributed by atoms with Gasteiger partial charge in [-0.25, -0.2) is 9.18 Å². The van der Waals surface area contributed by atoms with Gasteiger partial charge in [-0.3, -0.25) is 9.69 Å². The van der Waals surface area contributed by atoms with E-state index in [0.717, 1.165) is 19.3 Å². The van der Waals surface area contributed by atoms with Crippen molar-refractivity contribution < 1.29 is 18.7 Å². The van der Waals surface area contributed by atoms with Crippen molar-refractivity contribution in [1.29, 1.82) is 0 Å². The summed E-state index contributed by atoms with van der Waals surface area (Å²) in [6, 6.07) is 3.72. The number of morpholine rings is 1. The minimum atomic E-state index is -0.445. The van der Waals surface area contributed by atoms with Crippen LogP contribution in [0.15, 0.2) is 18.2 Å². The molecule has 0 aromatic heterocycles. The lowest BCUT2D eigenvalue weighted by Gasteiger charge is -2.38. The average molecular weight is 453 g/mol. The maximum atomic E-state index is 14.8. The molecular formula is C22H30ClFN4O3. The van der Waals surface area contributed by atoms with Crippen LogP contribution in [0.3, 0.4) is 0 Å². The zero-order chi connectivity index (χ0) is 22.0. The summed E-state index contributed by atoms with van der Waals surface area (Å²) in [6.07, 6.45) is 3.48. The molecule has 4 rings (SSSR count). The van der Waals surface area contributed by atoms with Gasteiger partial charge in [0.25, 0.3) is 0 Å². The van der Waals surface area contributed by atoms with E-state index < -0.39 is 17.9 Å². The van der Waals surface area contributed by atoms with Gasteiger partial charge in [0.05, 0.1) is 18.8 Å². The minimum Gasteiger partial charge on any atom is -0.376 e. The van der Waals surface area contributed by atoms with Crippen molar-refractivity contribution in [2.24, 2.45) is 0 Å². The number of nitrogens with one attached hydrogen (secondary N) is 2. The number of likely N-dealkylation sites (tertiary alicyclic amines) is 1. The molecule has 9 heteroatoms. The number of urea groups is 1. The highest BCUT2D eigenvalue weighted by Crippen LogP contribution is 2.31. The standard InChI is InChI=1S/C22H30ClFN4O3/c1-14-13-27(10-11-31-14)19(20-16(23)4-2-5-17(20)24)12-25-22(30)28-9-3-6-18(28)21(29)26-15-7-8-15/h2,4-5,14-15,18-19H,3,6-13H2,1H3,(H,25,30)(H,26,29). The van der Waals surface area contributed by atoms with Crippen LogP contribution < -0.4 is 10.6 Å². The number of rotatable bonds is 6. The molecule has 2 saturated heterocycles. The van der Waals surface area contributed by atoms with E-state index in [9.17, 15) is 14.0 Å². The lowest BCUT2D eigenvalue weighted by Crippen LogP contribution is -2.52. The van der Waals surface area contributed by atoms with Gasteiger partial charge in [0.15, 0.2) is 0 Å². The van der Waals surface area contributed by atoms with Crippen molar-refractivity contribution in [2.45, 2.75) is 56.8 Å². The van der Waals surface area contributed by atoms with Crippen LogP contribution in [0.1, 0.15) is 44.2 Å². The first kappa shape index (κ1) is 22.3. The van der Waals surface area contributed by atoms with E-state index in [0.29, 0.717) is 43.2 Å². The summed E-state index contributed by atoms with van der Waals surface area (Å²) < 4.78 is 20.4. The Bertz CT molecular complexity index is 802. The van der Waals surface area contributed by atoms with Gasteiger partial charge in [-0.15, -0.1) is 0 Å². The molecule has 7 nitrogen and oxygen atoms in total. The quantitative estimate of drug-likeness (QED) is 0.696. The van der Waals surface area contributed by atoms with E-state index in [2.05, 4.69) is 15.5 Å². The molecule has 3 unspecified atom stereocenters. The molecule has 31 heavy (non-hydrogen) atoms. The topological polar surface area (TPSA) is 73.9 Å². The van der Waals surface area contributed by atoms with Crippen molar-refractivity contribution in [2.75, 3.05) is 32.8 Å². The number of carbonyl (C=O) groups excluding carboxylic acids is 2. The molecular weight excluding hydrogens is 423 g/mol. The Balaban J connectivity index is 1.46. The molecule has 170 valence electrons. The van der Waals surface area contributed by atoms with E-state index in [1.165, 1.54) is 6.07 Å². The number of hydrogen-bond donors (Lipinski definition) is 2. The van der Waals surface area contributed by atoms with Crippen molar-refractivity contribution in [3.63, 3.8) is 0 Å². The normalized spacial score (nSPS) is 25.3.